The van der Waals surface area contributed by atoms with E-state index in [2.05, 4.69) is 12.2 Å². The molecule has 3 nitrogen and oxygen atoms in total. The molecule has 2 aromatic carbocycles. The van der Waals surface area contributed by atoms with Crippen molar-refractivity contribution in [2.45, 2.75) is 45.4 Å². The maximum atomic E-state index is 13.2. The summed E-state index contributed by atoms with van der Waals surface area (Å²) in [5, 5.41) is 0. The predicted molar refractivity (Wildman–Crippen MR) is 120 cm³/mol. The van der Waals surface area contributed by atoms with Crippen LogP contribution in [0, 0.1) is 11.7 Å². The molecule has 0 aromatic heterocycles. The van der Waals surface area contributed by atoms with Crippen molar-refractivity contribution >= 4 is 12.0 Å². The summed E-state index contributed by atoms with van der Waals surface area (Å²) in [6.07, 6.45) is 11.6. The summed E-state index contributed by atoms with van der Waals surface area (Å²) in [5.74, 6) is 1.06. The van der Waals surface area contributed by atoms with Gasteiger partial charge >= 0.3 is 0 Å². The zero-order valence-corrected chi connectivity index (χ0v) is 17.9. The van der Waals surface area contributed by atoms with Crippen LogP contribution in [0.2, 0.25) is 0 Å². The molecule has 3 rings (SSSR count). The number of allylic oxidation sites excluding steroid dienone is 1. The van der Waals surface area contributed by atoms with Crippen LogP contribution >= 0.6 is 0 Å². The normalized spacial score (nSPS) is 14.7. The standard InChI is InChI=1S/C26H32FNO2/c1-2-28(19-8-20-30-24-17-15-23(27)16-18-24)26(29)25-12-7-6-11-22(25)14-13-21-9-4-3-5-10-21/h6-7,11-18,21H,2-5,8-10,19-20H2,1H3/b14-13+. The highest BCUT2D eigenvalue weighted by Gasteiger charge is 2.17. The number of rotatable bonds is 9. The van der Waals surface area contributed by atoms with Crippen LogP contribution in [0.1, 0.15) is 61.4 Å². The van der Waals surface area contributed by atoms with E-state index in [1.807, 2.05) is 36.1 Å². The summed E-state index contributed by atoms with van der Waals surface area (Å²) >= 11 is 0. The maximum absolute atomic E-state index is 13.2. The number of nitrogens with zero attached hydrogens (tertiary/aromatic N) is 1. The van der Waals surface area contributed by atoms with Crippen molar-refractivity contribution in [1.82, 2.24) is 4.90 Å². The first kappa shape index (κ1) is 22.1. The highest BCUT2D eigenvalue weighted by atomic mass is 19.1. The second-order valence-corrected chi connectivity index (χ2v) is 7.89. The Morgan fingerprint density at radius 1 is 1.10 bits per heavy atom. The quantitative estimate of drug-likeness (QED) is 0.452. The number of hydrogen-bond donors (Lipinski definition) is 0. The topological polar surface area (TPSA) is 29.5 Å². The zero-order valence-electron chi connectivity index (χ0n) is 17.9. The van der Waals surface area contributed by atoms with Gasteiger partial charge in [-0.25, -0.2) is 4.39 Å². The van der Waals surface area contributed by atoms with Crippen molar-refractivity contribution in [3.63, 3.8) is 0 Å². The third kappa shape index (κ3) is 6.45. The van der Waals surface area contributed by atoms with Gasteiger partial charge in [0.2, 0.25) is 0 Å². The van der Waals surface area contributed by atoms with Gasteiger partial charge in [0.1, 0.15) is 11.6 Å². The van der Waals surface area contributed by atoms with Crippen LogP contribution in [0.25, 0.3) is 6.08 Å². The van der Waals surface area contributed by atoms with Gasteiger partial charge in [0.15, 0.2) is 0 Å². The third-order valence-corrected chi connectivity index (χ3v) is 5.71. The lowest BCUT2D eigenvalue weighted by Crippen LogP contribution is -2.33. The molecular formula is C26H32FNO2. The first-order valence-corrected chi connectivity index (χ1v) is 11.1. The van der Waals surface area contributed by atoms with Crippen molar-refractivity contribution < 1.29 is 13.9 Å². The summed E-state index contributed by atoms with van der Waals surface area (Å²) in [4.78, 5) is 15.0. The fourth-order valence-corrected chi connectivity index (χ4v) is 3.95. The van der Waals surface area contributed by atoms with Crippen LogP contribution < -0.4 is 4.74 Å². The smallest absolute Gasteiger partial charge is 0.254 e. The number of halogens is 1. The second-order valence-electron chi connectivity index (χ2n) is 7.89. The van der Waals surface area contributed by atoms with Gasteiger partial charge in [0, 0.05) is 18.7 Å². The molecule has 0 aliphatic heterocycles. The van der Waals surface area contributed by atoms with E-state index in [9.17, 15) is 9.18 Å². The van der Waals surface area contributed by atoms with Crippen molar-refractivity contribution in [2.75, 3.05) is 19.7 Å². The number of benzene rings is 2. The van der Waals surface area contributed by atoms with Crippen LogP contribution in [-0.2, 0) is 0 Å². The molecule has 0 radical (unpaired) electrons. The van der Waals surface area contributed by atoms with Gasteiger partial charge in [-0.2, -0.15) is 0 Å². The third-order valence-electron chi connectivity index (χ3n) is 5.71. The minimum absolute atomic E-state index is 0.0585. The fourth-order valence-electron chi connectivity index (χ4n) is 3.95. The van der Waals surface area contributed by atoms with Crippen molar-refractivity contribution in [1.29, 1.82) is 0 Å². The molecule has 160 valence electrons. The van der Waals surface area contributed by atoms with Gasteiger partial charge in [0.05, 0.1) is 6.61 Å². The summed E-state index contributed by atoms with van der Waals surface area (Å²) in [6, 6.07) is 13.9. The minimum atomic E-state index is -0.277. The SMILES string of the molecule is CCN(CCCOc1ccc(F)cc1)C(=O)c1ccccc1/C=C/C1CCCCC1. The molecule has 0 atom stereocenters. The number of carbonyl (C=O) groups excluding carboxylic acids is 1. The van der Waals surface area contributed by atoms with Gasteiger partial charge in [0.25, 0.3) is 5.91 Å². The Bertz CT molecular complexity index is 825. The van der Waals surface area contributed by atoms with Gasteiger partial charge in [-0.1, -0.05) is 49.6 Å². The molecule has 2 aromatic rings. The second kappa shape index (κ2) is 11.5. The zero-order chi connectivity index (χ0) is 21.2. The van der Waals surface area contributed by atoms with Crippen LogP contribution in [0.4, 0.5) is 4.39 Å². The van der Waals surface area contributed by atoms with E-state index in [-0.39, 0.29) is 11.7 Å². The lowest BCUT2D eigenvalue weighted by molar-refractivity contribution is 0.0756. The Balaban J connectivity index is 1.56. The maximum Gasteiger partial charge on any atom is 0.254 e. The molecule has 4 heteroatoms. The van der Waals surface area contributed by atoms with Crippen LogP contribution in [-0.4, -0.2) is 30.5 Å². The molecule has 0 bridgehead atoms. The first-order chi connectivity index (χ1) is 14.7. The van der Waals surface area contributed by atoms with E-state index in [4.69, 9.17) is 4.74 Å². The number of ether oxygens (including phenoxy) is 1. The van der Waals surface area contributed by atoms with Crippen molar-refractivity contribution in [3.05, 3.63) is 71.6 Å². The average Bonchev–Trinajstić information content (AvgIpc) is 2.79. The Morgan fingerprint density at radius 3 is 2.57 bits per heavy atom. The molecule has 1 aliphatic rings. The summed E-state index contributed by atoms with van der Waals surface area (Å²) in [6.45, 7) is 3.76. The molecule has 0 saturated heterocycles. The van der Waals surface area contributed by atoms with Crippen LogP contribution in [0.3, 0.4) is 0 Å². The first-order valence-electron chi connectivity index (χ1n) is 11.1. The Hall–Kier alpha value is -2.62. The van der Waals surface area contributed by atoms with Gasteiger partial charge in [-0.05, 0) is 68.0 Å². The molecule has 0 spiro atoms. The van der Waals surface area contributed by atoms with Crippen LogP contribution in [0.5, 0.6) is 5.75 Å². The lowest BCUT2D eigenvalue weighted by Gasteiger charge is -2.22. The molecule has 0 heterocycles. The monoisotopic (exact) mass is 409 g/mol. The van der Waals surface area contributed by atoms with Gasteiger partial charge < -0.3 is 9.64 Å². The molecule has 30 heavy (non-hydrogen) atoms. The molecule has 1 amide bonds. The molecule has 1 fully saturated rings. The predicted octanol–water partition coefficient (Wildman–Crippen LogP) is 6.35. The van der Waals surface area contributed by atoms with E-state index in [1.165, 1.54) is 44.2 Å². The van der Waals surface area contributed by atoms with E-state index in [1.54, 1.807) is 12.1 Å². The summed E-state index contributed by atoms with van der Waals surface area (Å²) in [5.41, 5.74) is 1.75. The van der Waals surface area contributed by atoms with Crippen molar-refractivity contribution in [2.24, 2.45) is 5.92 Å². The minimum Gasteiger partial charge on any atom is -0.494 e. The molecule has 0 N–H and O–H groups in total. The van der Waals surface area contributed by atoms with E-state index < -0.39 is 0 Å². The van der Waals surface area contributed by atoms with E-state index in [0.717, 1.165) is 17.5 Å². The number of carbonyl (C=O) groups is 1. The molecule has 1 aliphatic carbocycles. The Kier molecular flexibility index (Phi) is 8.49. The highest BCUT2D eigenvalue weighted by molar-refractivity contribution is 5.97. The van der Waals surface area contributed by atoms with E-state index in [0.29, 0.717) is 31.4 Å². The Morgan fingerprint density at radius 2 is 1.83 bits per heavy atom. The highest BCUT2D eigenvalue weighted by Crippen LogP contribution is 2.26. The largest absolute Gasteiger partial charge is 0.494 e. The molecular weight excluding hydrogens is 377 g/mol. The average molecular weight is 410 g/mol. The fraction of sp³-hybridized carbons (Fsp3) is 0.423. The summed E-state index contributed by atoms with van der Waals surface area (Å²) in [7, 11) is 0. The van der Waals surface area contributed by atoms with Crippen LogP contribution in [0.15, 0.2) is 54.6 Å². The van der Waals surface area contributed by atoms with E-state index >= 15 is 0 Å². The molecule has 0 unspecified atom stereocenters. The molecule has 1 saturated carbocycles. The number of hydrogen-bond acceptors (Lipinski definition) is 2. The summed E-state index contributed by atoms with van der Waals surface area (Å²) < 4.78 is 18.6. The van der Waals surface area contributed by atoms with Gasteiger partial charge in [-0.15, -0.1) is 0 Å². The lowest BCUT2D eigenvalue weighted by atomic mass is 9.88. The van der Waals surface area contributed by atoms with Gasteiger partial charge in [-0.3, -0.25) is 4.79 Å². The van der Waals surface area contributed by atoms with Crippen molar-refractivity contribution in [3.8, 4) is 5.75 Å². The Labute approximate surface area is 179 Å². The number of amides is 1.